The van der Waals surface area contributed by atoms with E-state index in [-0.39, 0.29) is 11.5 Å². The van der Waals surface area contributed by atoms with Crippen molar-refractivity contribution in [3.05, 3.63) is 23.3 Å². The lowest BCUT2D eigenvalue weighted by Crippen LogP contribution is -2.31. The lowest BCUT2D eigenvalue weighted by Gasteiger charge is -2.34. The molecule has 0 aliphatic heterocycles. The van der Waals surface area contributed by atoms with E-state index in [2.05, 4.69) is 25.8 Å². The smallest absolute Gasteiger partial charge is 0.131 e. The van der Waals surface area contributed by atoms with E-state index in [1.165, 1.54) is 30.5 Å². The molecular weight excluding hydrogens is 234 g/mol. The highest BCUT2D eigenvalue weighted by atomic mass is 14.9. The van der Waals surface area contributed by atoms with Gasteiger partial charge in [-0.15, -0.1) is 0 Å². The summed E-state index contributed by atoms with van der Waals surface area (Å²) >= 11 is 0. The van der Waals surface area contributed by atoms with Crippen LogP contribution < -0.4 is 5.73 Å². The van der Waals surface area contributed by atoms with Crippen LogP contribution in [0.25, 0.3) is 0 Å². The van der Waals surface area contributed by atoms with Gasteiger partial charge in [-0.1, -0.05) is 20.8 Å². The summed E-state index contributed by atoms with van der Waals surface area (Å²) in [7, 11) is 0. The van der Waals surface area contributed by atoms with Gasteiger partial charge in [0.15, 0.2) is 0 Å². The number of nitrogens with zero attached hydrogens (tertiary/aromatic N) is 2. The van der Waals surface area contributed by atoms with Gasteiger partial charge in [0.05, 0.1) is 0 Å². The first-order chi connectivity index (χ1) is 8.94. The second-order valence-corrected chi connectivity index (χ2v) is 7.40. The summed E-state index contributed by atoms with van der Waals surface area (Å²) in [5.74, 6) is 2.46. The van der Waals surface area contributed by atoms with Crippen LogP contribution in [0.1, 0.15) is 75.5 Å². The minimum atomic E-state index is 0.107. The first-order valence-electron chi connectivity index (χ1n) is 7.56. The van der Waals surface area contributed by atoms with Gasteiger partial charge in [-0.3, -0.25) is 0 Å². The third-order valence-electron chi connectivity index (χ3n) is 4.80. The van der Waals surface area contributed by atoms with Crippen molar-refractivity contribution in [2.75, 3.05) is 0 Å². The molecule has 0 spiro atoms. The Hall–Kier alpha value is -0.960. The van der Waals surface area contributed by atoms with Crippen LogP contribution in [-0.2, 0) is 6.42 Å². The summed E-state index contributed by atoms with van der Waals surface area (Å²) in [6, 6.07) is 0.107. The molecule has 0 radical (unpaired) electrons. The van der Waals surface area contributed by atoms with Gasteiger partial charge in [-0.05, 0) is 43.4 Å². The first kappa shape index (κ1) is 13.0. The van der Waals surface area contributed by atoms with Crippen molar-refractivity contribution in [3.63, 3.8) is 0 Å². The molecule has 1 fully saturated rings. The van der Waals surface area contributed by atoms with Crippen molar-refractivity contribution in [1.82, 2.24) is 9.97 Å². The Morgan fingerprint density at radius 3 is 2.79 bits per heavy atom. The summed E-state index contributed by atoms with van der Waals surface area (Å²) in [6.07, 6.45) is 7.87. The van der Waals surface area contributed by atoms with Gasteiger partial charge in [0.25, 0.3) is 0 Å². The SMILES string of the molecule is CC1CCC(c2ncc3c(n2)CC(C)(C)CC3N)C1. The molecule has 2 N–H and O–H groups in total. The van der Waals surface area contributed by atoms with Crippen molar-refractivity contribution in [3.8, 4) is 0 Å². The van der Waals surface area contributed by atoms with Gasteiger partial charge in [0.2, 0.25) is 0 Å². The van der Waals surface area contributed by atoms with Crippen LogP contribution in [-0.4, -0.2) is 9.97 Å². The van der Waals surface area contributed by atoms with Gasteiger partial charge in [0.1, 0.15) is 5.82 Å². The molecule has 1 heterocycles. The monoisotopic (exact) mass is 259 g/mol. The van der Waals surface area contributed by atoms with Crippen LogP contribution in [0.4, 0.5) is 0 Å². The molecule has 0 bridgehead atoms. The van der Waals surface area contributed by atoms with Crippen molar-refractivity contribution >= 4 is 0 Å². The maximum absolute atomic E-state index is 6.27. The molecule has 2 aliphatic rings. The van der Waals surface area contributed by atoms with E-state index in [4.69, 9.17) is 10.7 Å². The summed E-state index contributed by atoms with van der Waals surface area (Å²) in [6.45, 7) is 6.90. The van der Waals surface area contributed by atoms with E-state index in [1.807, 2.05) is 6.20 Å². The predicted molar refractivity (Wildman–Crippen MR) is 76.8 cm³/mol. The average molecular weight is 259 g/mol. The molecule has 3 atom stereocenters. The number of fused-ring (bicyclic) bond motifs is 1. The lowest BCUT2D eigenvalue weighted by molar-refractivity contribution is 0.277. The maximum Gasteiger partial charge on any atom is 0.131 e. The molecule has 3 rings (SSSR count). The topological polar surface area (TPSA) is 51.8 Å². The van der Waals surface area contributed by atoms with E-state index >= 15 is 0 Å². The van der Waals surface area contributed by atoms with Crippen LogP contribution in [0.2, 0.25) is 0 Å². The summed E-state index contributed by atoms with van der Waals surface area (Å²) in [5, 5.41) is 0. The minimum absolute atomic E-state index is 0.107. The third-order valence-corrected chi connectivity index (χ3v) is 4.80. The van der Waals surface area contributed by atoms with Gasteiger partial charge < -0.3 is 5.73 Å². The van der Waals surface area contributed by atoms with Crippen LogP contribution in [0.3, 0.4) is 0 Å². The van der Waals surface area contributed by atoms with Crippen molar-refractivity contribution in [2.24, 2.45) is 17.1 Å². The van der Waals surface area contributed by atoms with E-state index in [1.54, 1.807) is 0 Å². The Morgan fingerprint density at radius 1 is 1.32 bits per heavy atom. The molecule has 1 saturated carbocycles. The normalized spacial score (nSPS) is 33.2. The van der Waals surface area contributed by atoms with Crippen LogP contribution >= 0.6 is 0 Å². The molecule has 19 heavy (non-hydrogen) atoms. The Bertz CT molecular complexity index is 481. The van der Waals surface area contributed by atoms with Crippen molar-refractivity contribution in [1.29, 1.82) is 0 Å². The molecule has 2 aliphatic carbocycles. The molecule has 0 amide bonds. The average Bonchev–Trinajstić information content (AvgIpc) is 2.73. The van der Waals surface area contributed by atoms with Gasteiger partial charge in [-0.2, -0.15) is 0 Å². The highest BCUT2D eigenvalue weighted by Crippen LogP contribution is 2.40. The van der Waals surface area contributed by atoms with Crippen LogP contribution in [0, 0.1) is 11.3 Å². The molecule has 3 unspecified atom stereocenters. The number of nitrogens with two attached hydrogens (primary N) is 1. The van der Waals surface area contributed by atoms with Gasteiger partial charge in [-0.25, -0.2) is 9.97 Å². The Balaban J connectivity index is 1.91. The van der Waals surface area contributed by atoms with Gasteiger partial charge >= 0.3 is 0 Å². The second-order valence-electron chi connectivity index (χ2n) is 7.40. The largest absolute Gasteiger partial charge is 0.324 e. The van der Waals surface area contributed by atoms with E-state index < -0.39 is 0 Å². The van der Waals surface area contributed by atoms with E-state index in [0.717, 1.165) is 24.6 Å². The molecule has 3 heteroatoms. The predicted octanol–water partition coefficient (Wildman–Crippen LogP) is 3.35. The Labute approximate surface area is 116 Å². The molecule has 1 aromatic heterocycles. The number of rotatable bonds is 1. The lowest BCUT2D eigenvalue weighted by atomic mass is 9.74. The summed E-state index contributed by atoms with van der Waals surface area (Å²) in [5.41, 5.74) is 8.91. The van der Waals surface area contributed by atoms with Crippen molar-refractivity contribution in [2.45, 2.75) is 64.8 Å². The zero-order valence-corrected chi connectivity index (χ0v) is 12.3. The highest BCUT2D eigenvalue weighted by molar-refractivity contribution is 5.27. The Morgan fingerprint density at radius 2 is 2.11 bits per heavy atom. The highest BCUT2D eigenvalue weighted by Gasteiger charge is 2.33. The molecule has 0 aromatic carbocycles. The number of hydrogen-bond acceptors (Lipinski definition) is 3. The number of hydrogen-bond donors (Lipinski definition) is 1. The first-order valence-corrected chi connectivity index (χ1v) is 7.56. The fraction of sp³-hybridized carbons (Fsp3) is 0.750. The number of aromatic nitrogens is 2. The standard InChI is InChI=1S/C16H25N3/c1-10-4-5-11(6-10)15-18-9-12-13(17)7-16(2,3)8-14(12)19-15/h9-11,13H,4-8,17H2,1-3H3. The zero-order valence-electron chi connectivity index (χ0n) is 12.3. The zero-order chi connectivity index (χ0) is 13.6. The molecule has 0 saturated heterocycles. The van der Waals surface area contributed by atoms with Crippen LogP contribution in [0.5, 0.6) is 0 Å². The van der Waals surface area contributed by atoms with Gasteiger partial charge in [0, 0.05) is 29.4 Å². The van der Waals surface area contributed by atoms with E-state index in [0.29, 0.717) is 5.92 Å². The summed E-state index contributed by atoms with van der Waals surface area (Å²) < 4.78 is 0. The molecule has 3 nitrogen and oxygen atoms in total. The minimum Gasteiger partial charge on any atom is -0.324 e. The molecule has 104 valence electrons. The third kappa shape index (κ3) is 2.53. The molecular formula is C16H25N3. The Kier molecular flexibility index (Phi) is 3.12. The van der Waals surface area contributed by atoms with E-state index in [9.17, 15) is 0 Å². The quantitative estimate of drug-likeness (QED) is 0.841. The fourth-order valence-corrected chi connectivity index (χ4v) is 3.76. The van der Waals surface area contributed by atoms with Crippen LogP contribution in [0.15, 0.2) is 6.20 Å². The van der Waals surface area contributed by atoms with Crippen molar-refractivity contribution < 1.29 is 0 Å². The summed E-state index contributed by atoms with van der Waals surface area (Å²) in [4.78, 5) is 9.50. The molecule has 1 aromatic rings. The second kappa shape index (κ2) is 4.55. The fourth-order valence-electron chi connectivity index (χ4n) is 3.76. The maximum atomic E-state index is 6.27.